The molecule has 0 spiro atoms. The summed E-state index contributed by atoms with van der Waals surface area (Å²) in [5.41, 5.74) is 2.41. The zero-order valence-electron chi connectivity index (χ0n) is 27.4. The van der Waals surface area contributed by atoms with Crippen molar-refractivity contribution in [3.05, 3.63) is 150 Å². The van der Waals surface area contributed by atoms with E-state index in [0.717, 1.165) is 23.3 Å². The molecule has 0 aliphatic rings. The zero-order chi connectivity index (χ0) is 35.5. The molecule has 10 nitrogen and oxygen atoms in total. The number of hydrogen-bond donors (Lipinski definition) is 2. The van der Waals surface area contributed by atoms with E-state index in [1.807, 2.05) is 30.3 Å². The molecule has 12 heteroatoms. The first-order valence-corrected chi connectivity index (χ1v) is 17.0. The number of nitrogens with zero attached hydrogens (tertiary/aromatic N) is 1. The Morgan fingerprint density at radius 1 is 0.720 bits per heavy atom. The quantitative estimate of drug-likeness (QED) is 0.135. The summed E-state index contributed by atoms with van der Waals surface area (Å²) in [6.07, 6.45) is 0. The fourth-order valence-electron chi connectivity index (χ4n) is 5.06. The molecule has 0 unspecified atom stereocenters. The maximum atomic E-state index is 14.0. The van der Waals surface area contributed by atoms with Crippen molar-refractivity contribution in [3.8, 4) is 17.2 Å². The highest BCUT2D eigenvalue weighted by Gasteiger charge is 2.32. The van der Waals surface area contributed by atoms with Crippen molar-refractivity contribution < 1.29 is 36.6 Å². The number of hydrogen-bond acceptors (Lipinski definition) is 7. The molecule has 50 heavy (non-hydrogen) atoms. The van der Waals surface area contributed by atoms with Gasteiger partial charge in [-0.1, -0.05) is 54.6 Å². The number of anilines is 1. The van der Waals surface area contributed by atoms with E-state index in [1.165, 1.54) is 41.3 Å². The monoisotopic (exact) mass is 697 g/mol. The van der Waals surface area contributed by atoms with Crippen LogP contribution in [0.1, 0.15) is 22.7 Å². The molecule has 258 valence electrons. The molecule has 1 atom stereocenters. The Balaban J connectivity index is 1.36. The number of carbonyl (C=O) groups is 2. The topological polar surface area (TPSA) is 123 Å². The number of benzene rings is 5. The van der Waals surface area contributed by atoms with E-state index in [0.29, 0.717) is 17.1 Å². The van der Waals surface area contributed by atoms with Crippen molar-refractivity contribution in [1.29, 1.82) is 0 Å². The van der Waals surface area contributed by atoms with Crippen LogP contribution in [0.4, 0.5) is 10.1 Å². The van der Waals surface area contributed by atoms with Crippen molar-refractivity contribution in [3.63, 3.8) is 0 Å². The predicted molar refractivity (Wildman–Crippen MR) is 187 cm³/mol. The minimum atomic E-state index is -3.97. The molecule has 0 radical (unpaired) electrons. The molecule has 2 amide bonds. The maximum Gasteiger partial charge on any atom is 0.261 e. The highest BCUT2D eigenvalue weighted by atomic mass is 32.2. The van der Waals surface area contributed by atoms with E-state index in [1.54, 1.807) is 62.8 Å². The largest absolute Gasteiger partial charge is 0.497 e. The number of methoxy groups -OCH3 is 2. The predicted octanol–water partition coefficient (Wildman–Crippen LogP) is 6.11. The number of ether oxygens (including phenoxy) is 3. The molecule has 5 aromatic rings. The van der Waals surface area contributed by atoms with E-state index in [4.69, 9.17) is 14.2 Å². The lowest BCUT2D eigenvalue weighted by Gasteiger charge is -2.31. The number of amides is 2. The molecule has 0 aliphatic heterocycles. The van der Waals surface area contributed by atoms with Crippen molar-refractivity contribution in [2.24, 2.45) is 0 Å². The molecular weight excluding hydrogens is 661 g/mol. The second kappa shape index (κ2) is 16.5. The second-order valence-corrected chi connectivity index (χ2v) is 12.8. The Morgan fingerprint density at radius 2 is 1.28 bits per heavy atom. The molecule has 0 heterocycles. The molecular formula is C38H36FN3O7S. The Hall–Kier alpha value is -5.88. The van der Waals surface area contributed by atoms with Crippen LogP contribution in [0, 0.1) is 5.82 Å². The smallest absolute Gasteiger partial charge is 0.261 e. The zero-order valence-corrected chi connectivity index (χ0v) is 28.2. The van der Waals surface area contributed by atoms with Gasteiger partial charge in [-0.25, -0.2) is 12.8 Å². The fourth-order valence-corrected chi connectivity index (χ4v) is 6.12. The highest BCUT2D eigenvalue weighted by molar-refractivity contribution is 7.92. The van der Waals surface area contributed by atoms with Crippen molar-refractivity contribution >= 4 is 27.5 Å². The minimum absolute atomic E-state index is 0.0562. The molecule has 0 fully saturated rings. The van der Waals surface area contributed by atoms with Crippen molar-refractivity contribution in [2.45, 2.75) is 24.0 Å². The van der Waals surface area contributed by atoms with Gasteiger partial charge >= 0.3 is 0 Å². The molecule has 2 N–H and O–H groups in total. The van der Waals surface area contributed by atoms with Gasteiger partial charge in [-0.15, -0.1) is 0 Å². The van der Waals surface area contributed by atoms with Crippen molar-refractivity contribution in [2.75, 3.05) is 25.5 Å². The van der Waals surface area contributed by atoms with E-state index in [2.05, 4.69) is 10.0 Å². The van der Waals surface area contributed by atoms with Crippen LogP contribution in [-0.4, -0.2) is 46.0 Å². The average Bonchev–Trinajstić information content (AvgIpc) is 3.14. The number of nitrogens with one attached hydrogen (secondary N) is 2. The fraction of sp³-hybridized carbons (Fsp3) is 0.158. The Kier molecular flexibility index (Phi) is 11.7. The third-order valence-corrected chi connectivity index (χ3v) is 9.12. The number of carbonyl (C=O) groups excluding carboxylic acids is 2. The molecule has 5 rings (SSSR count). The van der Waals surface area contributed by atoms with Gasteiger partial charge in [0.25, 0.3) is 15.9 Å². The Morgan fingerprint density at radius 3 is 1.86 bits per heavy atom. The van der Waals surface area contributed by atoms with E-state index >= 15 is 0 Å². The lowest BCUT2D eigenvalue weighted by Crippen LogP contribution is -2.45. The van der Waals surface area contributed by atoms with Gasteiger partial charge in [-0.05, 0) is 89.5 Å². The number of halogens is 1. The molecule has 0 bridgehead atoms. The van der Waals surface area contributed by atoms with Gasteiger partial charge < -0.3 is 24.4 Å². The van der Waals surface area contributed by atoms with Gasteiger partial charge in [0.1, 0.15) is 29.1 Å². The molecule has 0 saturated carbocycles. The summed E-state index contributed by atoms with van der Waals surface area (Å²) in [6, 6.07) is 32.9. The molecule has 5 aromatic carbocycles. The van der Waals surface area contributed by atoms with Gasteiger partial charge in [-0.3, -0.25) is 14.3 Å². The second-order valence-electron chi connectivity index (χ2n) is 11.1. The highest BCUT2D eigenvalue weighted by Crippen LogP contribution is 2.26. The lowest BCUT2D eigenvalue weighted by molar-refractivity contribution is -0.143. The Labute approximate surface area is 290 Å². The first kappa shape index (κ1) is 35.4. The van der Waals surface area contributed by atoms with Crippen LogP contribution in [-0.2, 0) is 32.7 Å². The third kappa shape index (κ3) is 9.38. The normalized spacial score (nSPS) is 11.6. The van der Waals surface area contributed by atoms with Crippen LogP contribution in [0.5, 0.6) is 17.2 Å². The Bertz CT molecular complexity index is 1970. The van der Waals surface area contributed by atoms with Gasteiger partial charge in [0.2, 0.25) is 5.91 Å². The van der Waals surface area contributed by atoms with Gasteiger partial charge in [0.15, 0.2) is 6.61 Å². The van der Waals surface area contributed by atoms with Crippen LogP contribution in [0.2, 0.25) is 0 Å². The summed E-state index contributed by atoms with van der Waals surface area (Å²) in [5.74, 6) is 0.210. The maximum absolute atomic E-state index is 14.0. The summed E-state index contributed by atoms with van der Waals surface area (Å²) in [6.45, 7) is -0.141. The van der Waals surface area contributed by atoms with Crippen LogP contribution in [0.3, 0.4) is 0 Å². The van der Waals surface area contributed by atoms with E-state index in [9.17, 15) is 22.4 Å². The van der Waals surface area contributed by atoms with Gasteiger partial charge in [-0.2, -0.15) is 0 Å². The molecule has 0 aromatic heterocycles. The minimum Gasteiger partial charge on any atom is -0.497 e. The molecule has 0 saturated heterocycles. The summed E-state index contributed by atoms with van der Waals surface area (Å²) < 4.78 is 57.7. The first-order valence-electron chi connectivity index (χ1n) is 15.5. The molecule has 0 aliphatic carbocycles. The van der Waals surface area contributed by atoms with E-state index in [-0.39, 0.29) is 29.4 Å². The SMILES string of the molecule is COc1ccc(CNC(=O)[C@H](c2ccccc2)N(Cc2ccc(OC)cc2)C(=O)COc2ccc(S(=O)(=O)Nc3ccc(F)cc3)cc2)cc1. The summed E-state index contributed by atoms with van der Waals surface area (Å²) in [4.78, 5) is 29.4. The third-order valence-electron chi connectivity index (χ3n) is 7.73. The summed E-state index contributed by atoms with van der Waals surface area (Å²) in [5, 5.41) is 2.97. The van der Waals surface area contributed by atoms with Crippen LogP contribution in [0.25, 0.3) is 0 Å². The number of sulfonamides is 1. The van der Waals surface area contributed by atoms with Crippen molar-refractivity contribution in [1.82, 2.24) is 10.2 Å². The van der Waals surface area contributed by atoms with Gasteiger partial charge in [0.05, 0.1) is 19.1 Å². The van der Waals surface area contributed by atoms with E-state index < -0.39 is 40.3 Å². The first-order chi connectivity index (χ1) is 24.1. The number of rotatable bonds is 15. The lowest BCUT2D eigenvalue weighted by atomic mass is 10.0. The summed E-state index contributed by atoms with van der Waals surface area (Å²) in [7, 11) is -0.833. The van der Waals surface area contributed by atoms with Crippen LogP contribution < -0.4 is 24.2 Å². The van der Waals surface area contributed by atoms with Crippen LogP contribution in [0.15, 0.2) is 132 Å². The summed E-state index contributed by atoms with van der Waals surface area (Å²) >= 11 is 0. The average molecular weight is 698 g/mol. The van der Waals surface area contributed by atoms with Gasteiger partial charge in [0, 0.05) is 18.8 Å². The van der Waals surface area contributed by atoms with Crippen LogP contribution >= 0.6 is 0 Å². The standard InChI is InChI=1S/C38H36FN3O7S/c1-47-32-16-8-27(9-17-32)24-40-38(44)37(29-6-4-3-5-7-29)42(25-28-10-18-33(48-2)19-11-28)36(43)26-49-34-20-22-35(23-21-34)50(45,46)41-31-14-12-30(39)13-15-31/h3-23,37,41H,24-26H2,1-2H3,(H,40,44)/t37-/m0/s1.